The molecule has 7 heteroatoms. The summed E-state index contributed by atoms with van der Waals surface area (Å²) < 4.78 is 27.3. The van der Waals surface area contributed by atoms with Crippen LogP contribution in [0.3, 0.4) is 0 Å². The van der Waals surface area contributed by atoms with Crippen LogP contribution in [0.4, 0.5) is 5.69 Å². The predicted octanol–water partition coefficient (Wildman–Crippen LogP) is 2.57. The van der Waals surface area contributed by atoms with E-state index in [1.165, 1.54) is 17.8 Å². The molecule has 1 fully saturated rings. The van der Waals surface area contributed by atoms with E-state index >= 15 is 0 Å². The monoisotopic (exact) mass is 379 g/mol. The Bertz CT molecular complexity index is 816. The molecule has 1 saturated heterocycles. The van der Waals surface area contributed by atoms with Crippen LogP contribution < -0.4 is 9.62 Å². The number of hydrogen-bond acceptors (Lipinski definition) is 4. The van der Waals surface area contributed by atoms with Gasteiger partial charge >= 0.3 is 0 Å². The Morgan fingerprint density at radius 1 is 1.04 bits per heavy atom. The van der Waals surface area contributed by atoms with E-state index in [2.05, 4.69) is 21.6 Å². The lowest BCUT2D eigenvalue weighted by atomic mass is 10.2. The molecular weight excluding hydrogens is 358 g/mol. The Morgan fingerprint density at radius 2 is 1.72 bits per heavy atom. The number of sulfonamides is 1. The van der Waals surface area contributed by atoms with Crippen molar-refractivity contribution in [1.82, 2.24) is 9.62 Å². The molecule has 0 radical (unpaired) electrons. The maximum atomic E-state index is 12.3. The molecule has 0 aromatic heterocycles. The summed E-state index contributed by atoms with van der Waals surface area (Å²) in [4.78, 5) is 4.84. The highest BCUT2D eigenvalue weighted by atomic mass is 35.5. The third-order valence-electron chi connectivity index (χ3n) is 4.38. The number of halogens is 1. The van der Waals surface area contributed by atoms with Crippen LogP contribution in [-0.2, 0) is 16.6 Å². The largest absolute Gasteiger partial charge is 0.369 e. The number of anilines is 1. The van der Waals surface area contributed by atoms with Crippen molar-refractivity contribution in [3.8, 4) is 0 Å². The van der Waals surface area contributed by atoms with Crippen molar-refractivity contribution in [3.05, 3.63) is 59.1 Å². The third kappa shape index (κ3) is 4.73. The maximum Gasteiger partial charge on any atom is 0.240 e. The lowest BCUT2D eigenvalue weighted by Gasteiger charge is -2.34. The molecule has 25 heavy (non-hydrogen) atoms. The summed E-state index contributed by atoms with van der Waals surface area (Å²) >= 11 is 5.87. The molecule has 0 spiro atoms. The first-order valence-electron chi connectivity index (χ1n) is 8.22. The van der Waals surface area contributed by atoms with E-state index in [9.17, 15) is 8.42 Å². The zero-order valence-electron chi connectivity index (χ0n) is 14.2. The van der Waals surface area contributed by atoms with E-state index in [0.717, 1.165) is 31.7 Å². The molecule has 1 aliphatic rings. The summed E-state index contributed by atoms with van der Waals surface area (Å²) in [5, 5.41) is 0.402. The third-order valence-corrected chi connectivity index (χ3v) is 6.01. The number of rotatable bonds is 5. The van der Waals surface area contributed by atoms with Crippen LogP contribution in [0.25, 0.3) is 0 Å². The van der Waals surface area contributed by atoms with Gasteiger partial charge in [-0.15, -0.1) is 0 Å². The van der Waals surface area contributed by atoms with E-state index in [0.29, 0.717) is 5.02 Å². The van der Waals surface area contributed by atoms with Gasteiger partial charge in [0.25, 0.3) is 0 Å². The summed E-state index contributed by atoms with van der Waals surface area (Å²) in [6.07, 6.45) is 0. The molecule has 2 aromatic rings. The second-order valence-corrected chi connectivity index (χ2v) is 8.44. The normalized spacial score (nSPS) is 16.2. The zero-order valence-corrected chi connectivity index (χ0v) is 15.7. The van der Waals surface area contributed by atoms with Gasteiger partial charge < -0.3 is 9.80 Å². The topological polar surface area (TPSA) is 52.6 Å². The van der Waals surface area contributed by atoms with Crippen molar-refractivity contribution in [2.24, 2.45) is 0 Å². The minimum atomic E-state index is -3.57. The highest BCUT2D eigenvalue weighted by Gasteiger charge is 2.15. The smallest absolute Gasteiger partial charge is 0.240 e. The van der Waals surface area contributed by atoms with Gasteiger partial charge in [0.15, 0.2) is 0 Å². The van der Waals surface area contributed by atoms with Gasteiger partial charge in [0.2, 0.25) is 10.0 Å². The minimum absolute atomic E-state index is 0.175. The van der Waals surface area contributed by atoms with Crippen molar-refractivity contribution >= 4 is 27.3 Å². The highest BCUT2D eigenvalue weighted by molar-refractivity contribution is 7.89. The average molecular weight is 380 g/mol. The van der Waals surface area contributed by atoms with Gasteiger partial charge in [0.05, 0.1) is 4.90 Å². The molecule has 134 valence electrons. The second-order valence-electron chi connectivity index (χ2n) is 6.24. The molecule has 0 saturated carbocycles. The fraction of sp³-hybridized carbons (Fsp3) is 0.333. The minimum Gasteiger partial charge on any atom is -0.369 e. The summed E-state index contributed by atoms with van der Waals surface area (Å²) in [6, 6.07) is 14.3. The summed E-state index contributed by atoms with van der Waals surface area (Å²) in [5.41, 5.74) is 2.10. The van der Waals surface area contributed by atoms with Gasteiger partial charge in [-0.1, -0.05) is 29.8 Å². The molecule has 5 nitrogen and oxygen atoms in total. The van der Waals surface area contributed by atoms with E-state index in [4.69, 9.17) is 11.6 Å². The van der Waals surface area contributed by atoms with Crippen LogP contribution in [-0.4, -0.2) is 46.5 Å². The van der Waals surface area contributed by atoms with Crippen LogP contribution in [0.15, 0.2) is 53.4 Å². The second kappa shape index (κ2) is 7.74. The quantitative estimate of drug-likeness (QED) is 0.867. The molecule has 0 atom stereocenters. The van der Waals surface area contributed by atoms with Crippen molar-refractivity contribution in [2.75, 3.05) is 38.1 Å². The molecule has 3 rings (SSSR count). The van der Waals surface area contributed by atoms with Crippen molar-refractivity contribution in [2.45, 2.75) is 11.4 Å². The van der Waals surface area contributed by atoms with Gasteiger partial charge in [0, 0.05) is 43.4 Å². The molecule has 1 heterocycles. The number of hydrogen-bond donors (Lipinski definition) is 1. The Kier molecular flexibility index (Phi) is 5.64. The van der Waals surface area contributed by atoms with Crippen LogP contribution >= 0.6 is 11.6 Å². The molecule has 2 aromatic carbocycles. The van der Waals surface area contributed by atoms with Gasteiger partial charge in [0.1, 0.15) is 0 Å². The van der Waals surface area contributed by atoms with Crippen LogP contribution in [0.1, 0.15) is 5.56 Å². The number of benzene rings is 2. The molecular formula is C18H22ClN3O2S. The van der Waals surface area contributed by atoms with Crippen LogP contribution in [0.2, 0.25) is 5.02 Å². The van der Waals surface area contributed by atoms with E-state index in [1.54, 1.807) is 12.1 Å². The summed E-state index contributed by atoms with van der Waals surface area (Å²) in [7, 11) is -1.44. The number of nitrogens with zero attached hydrogens (tertiary/aromatic N) is 2. The van der Waals surface area contributed by atoms with E-state index in [1.807, 2.05) is 24.3 Å². The average Bonchev–Trinajstić information content (AvgIpc) is 2.61. The standard InChI is InChI=1S/C18H22ClN3O2S/c1-21-9-11-22(12-10-21)17-7-5-15(6-8-17)14-20-25(23,24)18-4-2-3-16(19)13-18/h2-8,13,20H,9-12,14H2,1H3. The van der Waals surface area contributed by atoms with Gasteiger partial charge in [-0.2, -0.15) is 0 Å². The Hall–Kier alpha value is -1.60. The number of likely N-dealkylation sites (N-methyl/N-ethyl adjacent to an activating group) is 1. The van der Waals surface area contributed by atoms with Crippen molar-refractivity contribution in [1.29, 1.82) is 0 Å². The fourth-order valence-corrected chi connectivity index (χ4v) is 4.10. The first-order valence-corrected chi connectivity index (χ1v) is 10.1. The first-order chi connectivity index (χ1) is 11.9. The first kappa shape index (κ1) is 18.2. The fourth-order valence-electron chi connectivity index (χ4n) is 2.79. The van der Waals surface area contributed by atoms with E-state index in [-0.39, 0.29) is 11.4 Å². The molecule has 1 N–H and O–H groups in total. The van der Waals surface area contributed by atoms with Crippen LogP contribution in [0.5, 0.6) is 0 Å². The highest BCUT2D eigenvalue weighted by Crippen LogP contribution is 2.18. The predicted molar refractivity (Wildman–Crippen MR) is 102 cm³/mol. The van der Waals surface area contributed by atoms with E-state index < -0.39 is 10.0 Å². The summed E-state index contributed by atoms with van der Waals surface area (Å²) in [5.74, 6) is 0. The SMILES string of the molecule is CN1CCN(c2ccc(CNS(=O)(=O)c3cccc(Cl)c3)cc2)CC1. The molecule has 0 aliphatic carbocycles. The maximum absolute atomic E-state index is 12.3. The molecule has 0 bridgehead atoms. The van der Waals surface area contributed by atoms with Crippen LogP contribution in [0, 0.1) is 0 Å². The van der Waals surface area contributed by atoms with Gasteiger partial charge in [-0.05, 0) is 42.9 Å². The molecule has 1 aliphatic heterocycles. The molecule has 0 unspecified atom stereocenters. The number of piperazine rings is 1. The lowest BCUT2D eigenvalue weighted by molar-refractivity contribution is 0.313. The Morgan fingerprint density at radius 3 is 2.36 bits per heavy atom. The number of nitrogens with one attached hydrogen (secondary N) is 1. The zero-order chi connectivity index (χ0) is 17.9. The molecule has 0 amide bonds. The summed E-state index contributed by atoms with van der Waals surface area (Å²) in [6.45, 7) is 4.38. The van der Waals surface area contributed by atoms with Gasteiger partial charge in [-0.3, -0.25) is 0 Å². The van der Waals surface area contributed by atoms with Gasteiger partial charge in [-0.25, -0.2) is 13.1 Å². The lowest BCUT2D eigenvalue weighted by Crippen LogP contribution is -2.44. The van der Waals surface area contributed by atoms with Crippen molar-refractivity contribution in [3.63, 3.8) is 0 Å². The Balaban J connectivity index is 1.62. The Labute approximate surface area is 154 Å². The van der Waals surface area contributed by atoms with Crippen molar-refractivity contribution < 1.29 is 8.42 Å².